The highest BCUT2D eigenvalue weighted by Gasteiger charge is 2.01. The van der Waals surface area contributed by atoms with Gasteiger partial charge in [0.1, 0.15) is 3.70 Å². The number of methoxy groups -OCH3 is 1. The number of aromatic nitrogens is 2. The van der Waals surface area contributed by atoms with Gasteiger partial charge in [-0.05, 0) is 22.6 Å². The van der Waals surface area contributed by atoms with Crippen molar-refractivity contribution >= 4 is 34.2 Å². The molecule has 0 radical (unpaired) electrons. The minimum absolute atomic E-state index is 0.294. The Morgan fingerprint density at radius 1 is 1.70 bits per heavy atom. The summed E-state index contributed by atoms with van der Waals surface area (Å²) in [6, 6.07) is 0. The fourth-order valence-electron chi connectivity index (χ4n) is 0.467. The lowest BCUT2D eigenvalue weighted by Gasteiger charge is -1.98. The van der Waals surface area contributed by atoms with Gasteiger partial charge in [0.2, 0.25) is 0 Å². The predicted octanol–water partition coefficient (Wildman–Crippen LogP) is 1.74. The van der Waals surface area contributed by atoms with Crippen LogP contribution in [0, 0.1) is 3.70 Å². The number of nitrogens with zero attached hydrogens (tertiary/aromatic N) is 2. The van der Waals surface area contributed by atoms with Gasteiger partial charge in [-0.2, -0.15) is 0 Å². The fraction of sp³-hybridized carbons (Fsp3) is 0.200. The van der Waals surface area contributed by atoms with Crippen LogP contribution in [0.4, 0.5) is 0 Å². The van der Waals surface area contributed by atoms with Crippen LogP contribution in [0.25, 0.3) is 0 Å². The van der Waals surface area contributed by atoms with E-state index in [1.54, 1.807) is 6.20 Å². The third kappa shape index (κ3) is 1.69. The summed E-state index contributed by atoms with van der Waals surface area (Å²) in [5, 5.41) is 0.294. The molecular weight excluding hydrogens is 266 g/mol. The largest absolute Gasteiger partial charge is 0.479 e. The molecule has 0 atom stereocenters. The van der Waals surface area contributed by atoms with Gasteiger partial charge in [0.05, 0.1) is 13.3 Å². The molecule has 0 spiro atoms. The Kier molecular flexibility index (Phi) is 2.67. The van der Waals surface area contributed by atoms with E-state index in [0.29, 0.717) is 11.0 Å². The number of ether oxygens (including phenoxy) is 1. The topological polar surface area (TPSA) is 35.0 Å². The van der Waals surface area contributed by atoms with E-state index in [-0.39, 0.29) is 0 Å². The van der Waals surface area contributed by atoms with E-state index >= 15 is 0 Å². The van der Waals surface area contributed by atoms with Gasteiger partial charge in [0, 0.05) is 0 Å². The minimum atomic E-state index is 0.294. The van der Waals surface area contributed by atoms with Crippen LogP contribution in [-0.2, 0) is 0 Å². The van der Waals surface area contributed by atoms with Crippen molar-refractivity contribution in [3.63, 3.8) is 0 Å². The average Bonchev–Trinajstić information content (AvgIpc) is 1.94. The molecule has 3 nitrogen and oxygen atoms in total. The predicted molar refractivity (Wildman–Crippen MR) is 46.3 cm³/mol. The van der Waals surface area contributed by atoms with E-state index < -0.39 is 0 Å². The highest BCUT2D eigenvalue weighted by molar-refractivity contribution is 14.1. The zero-order valence-electron chi connectivity index (χ0n) is 5.14. The summed E-state index contributed by atoms with van der Waals surface area (Å²) < 4.78 is 5.58. The molecule has 1 heterocycles. The first kappa shape index (κ1) is 8.00. The van der Waals surface area contributed by atoms with Crippen molar-refractivity contribution in [3.8, 4) is 5.88 Å². The number of halogens is 2. The third-order valence-electron chi connectivity index (χ3n) is 0.863. The normalized spacial score (nSPS) is 9.50. The van der Waals surface area contributed by atoms with Gasteiger partial charge in [0.15, 0.2) is 5.15 Å². The second kappa shape index (κ2) is 3.34. The lowest BCUT2D eigenvalue weighted by atomic mass is 10.7. The standard InChI is InChI=1S/C5H4ClIN2O/c1-10-5-4(6)8-2-3(7)9-5/h2H,1H3. The molecule has 0 saturated carbocycles. The Morgan fingerprint density at radius 3 is 2.90 bits per heavy atom. The Bertz CT molecular complexity index is 243. The molecule has 0 unspecified atom stereocenters. The summed E-state index contributed by atoms with van der Waals surface area (Å²) in [7, 11) is 1.51. The molecule has 1 aromatic rings. The van der Waals surface area contributed by atoms with Gasteiger partial charge in [-0.25, -0.2) is 9.97 Å². The van der Waals surface area contributed by atoms with Gasteiger partial charge in [-0.1, -0.05) is 11.6 Å². The molecule has 54 valence electrons. The van der Waals surface area contributed by atoms with Gasteiger partial charge in [-0.15, -0.1) is 0 Å². The van der Waals surface area contributed by atoms with E-state index in [1.807, 2.05) is 22.6 Å². The maximum atomic E-state index is 5.59. The van der Waals surface area contributed by atoms with Crippen LogP contribution < -0.4 is 4.74 Å². The highest BCUT2D eigenvalue weighted by Crippen LogP contribution is 2.18. The van der Waals surface area contributed by atoms with Crippen molar-refractivity contribution in [1.82, 2.24) is 9.97 Å². The summed E-state index contributed by atoms with van der Waals surface area (Å²) in [6.07, 6.45) is 1.57. The zero-order valence-corrected chi connectivity index (χ0v) is 8.05. The summed E-state index contributed by atoms with van der Waals surface area (Å²) >= 11 is 7.63. The average molecular weight is 270 g/mol. The fourth-order valence-corrected chi connectivity index (χ4v) is 0.994. The monoisotopic (exact) mass is 270 g/mol. The van der Waals surface area contributed by atoms with Gasteiger partial charge < -0.3 is 4.74 Å². The maximum Gasteiger partial charge on any atom is 0.252 e. The summed E-state index contributed by atoms with van der Waals surface area (Å²) in [6.45, 7) is 0. The summed E-state index contributed by atoms with van der Waals surface area (Å²) in [5.74, 6) is 0.369. The van der Waals surface area contributed by atoms with Crippen LogP contribution >= 0.6 is 34.2 Å². The first-order valence-corrected chi connectivity index (χ1v) is 3.91. The van der Waals surface area contributed by atoms with Crippen molar-refractivity contribution in [2.45, 2.75) is 0 Å². The molecule has 0 saturated heterocycles. The van der Waals surface area contributed by atoms with Crippen LogP contribution in [0.5, 0.6) is 5.88 Å². The summed E-state index contributed by atoms with van der Waals surface area (Å²) in [5.41, 5.74) is 0. The Labute approximate surface area is 76.9 Å². The van der Waals surface area contributed by atoms with Crippen molar-refractivity contribution < 1.29 is 4.74 Å². The Morgan fingerprint density at radius 2 is 2.40 bits per heavy atom. The molecule has 5 heteroatoms. The molecule has 0 aliphatic rings. The van der Waals surface area contributed by atoms with Crippen LogP contribution in [0.1, 0.15) is 0 Å². The minimum Gasteiger partial charge on any atom is -0.479 e. The third-order valence-corrected chi connectivity index (χ3v) is 1.64. The number of hydrogen-bond donors (Lipinski definition) is 0. The molecule has 0 aromatic carbocycles. The quantitative estimate of drug-likeness (QED) is 0.729. The lowest BCUT2D eigenvalue weighted by molar-refractivity contribution is 0.395. The molecule has 0 bridgehead atoms. The van der Waals surface area contributed by atoms with Crippen LogP contribution in [0.3, 0.4) is 0 Å². The highest BCUT2D eigenvalue weighted by atomic mass is 127. The molecular formula is C5H4ClIN2O. The van der Waals surface area contributed by atoms with Gasteiger partial charge in [-0.3, -0.25) is 0 Å². The Balaban J connectivity index is 3.09. The van der Waals surface area contributed by atoms with E-state index in [1.165, 1.54) is 7.11 Å². The molecule has 0 amide bonds. The van der Waals surface area contributed by atoms with Crippen LogP contribution in [0.2, 0.25) is 5.15 Å². The first-order chi connectivity index (χ1) is 4.74. The molecule has 0 aliphatic heterocycles. The number of rotatable bonds is 1. The Hall–Kier alpha value is -0.100. The van der Waals surface area contributed by atoms with E-state index in [9.17, 15) is 0 Å². The van der Waals surface area contributed by atoms with Crippen molar-refractivity contribution in [3.05, 3.63) is 15.1 Å². The smallest absolute Gasteiger partial charge is 0.252 e. The molecule has 0 fully saturated rings. The molecule has 1 rings (SSSR count). The first-order valence-electron chi connectivity index (χ1n) is 2.46. The van der Waals surface area contributed by atoms with Crippen molar-refractivity contribution in [2.24, 2.45) is 0 Å². The maximum absolute atomic E-state index is 5.59. The second-order valence-corrected chi connectivity index (χ2v) is 2.96. The van der Waals surface area contributed by atoms with E-state index in [0.717, 1.165) is 3.70 Å². The second-order valence-electron chi connectivity index (χ2n) is 1.49. The van der Waals surface area contributed by atoms with Crippen LogP contribution in [-0.4, -0.2) is 17.1 Å². The van der Waals surface area contributed by atoms with Crippen molar-refractivity contribution in [1.29, 1.82) is 0 Å². The zero-order chi connectivity index (χ0) is 7.56. The van der Waals surface area contributed by atoms with E-state index in [2.05, 4.69) is 9.97 Å². The van der Waals surface area contributed by atoms with Gasteiger partial charge in [0.25, 0.3) is 5.88 Å². The van der Waals surface area contributed by atoms with Crippen molar-refractivity contribution in [2.75, 3.05) is 7.11 Å². The van der Waals surface area contributed by atoms with Crippen LogP contribution in [0.15, 0.2) is 6.20 Å². The molecule has 1 aromatic heterocycles. The summed E-state index contributed by atoms with van der Waals surface area (Å²) in [4.78, 5) is 7.78. The van der Waals surface area contributed by atoms with E-state index in [4.69, 9.17) is 16.3 Å². The number of hydrogen-bond acceptors (Lipinski definition) is 3. The van der Waals surface area contributed by atoms with Gasteiger partial charge >= 0.3 is 0 Å². The molecule has 10 heavy (non-hydrogen) atoms. The SMILES string of the molecule is COc1nc(I)cnc1Cl. The molecule has 0 aliphatic carbocycles. The lowest BCUT2D eigenvalue weighted by Crippen LogP contribution is -1.92. The molecule has 0 N–H and O–H groups in total.